The maximum Gasteiger partial charge on any atom is 0.227 e. The number of amides is 1. The van der Waals surface area contributed by atoms with E-state index in [1.165, 1.54) is 4.90 Å². The molecule has 1 aliphatic rings. The van der Waals surface area contributed by atoms with Crippen LogP contribution >= 0.6 is 11.6 Å². The van der Waals surface area contributed by atoms with E-state index in [4.69, 9.17) is 11.6 Å². The maximum atomic E-state index is 11.6. The molecule has 1 saturated heterocycles. The molecule has 1 atom stereocenters. The second-order valence-electron chi connectivity index (χ2n) is 3.70. The van der Waals surface area contributed by atoms with Crippen LogP contribution in [-0.4, -0.2) is 18.4 Å². The van der Waals surface area contributed by atoms with E-state index in [9.17, 15) is 14.7 Å². The van der Waals surface area contributed by atoms with Crippen molar-refractivity contribution < 1.29 is 14.7 Å². The summed E-state index contributed by atoms with van der Waals surface area (Å²) in [7, 11) is 0. The molecule has 0 radical (unpaired) electrons. The molecule has 2 rings (SSSR count). The number of hydrogen-bond donors (Lipinski definition) is 0. The molecule has 1 aromatic rings. The van der Waals surface area contributed by atoms with Gasteiger partial charge in [-0.15, -0.1) is 0 Å². The zero-order valence-corrected chi connectivity index (χ0v) is 9.11. The number of halogens is 1. The minimum Gasteiger partial charge on any atom is -0.550 e. The third-order valence-electron chi connectivity index (χ3n) is 2.58. The molecule has 0 spiro atoms. The van der Waals surface area contributed by atoms with Crippen molar-refractivity contribution in [2.45, 2.75) is 6.42 Å². The lowest BCUT2D eigenvalue weighted by atomic mass is 10.1. The Morgan fingerprint density at radius 2 is 2.25 bits per heavy atom. The van der Waals surface area contributed by atoms with Crippen LogP contribution in [0.4, 0.5) is 5.69 Å². The number of nitrogens with zero attached hydrogens (tertiary/aromatic N) is 1. The quantitative estimate of drug-likeness (QED) is 0.751. The van der Waals surface area contributed by atoms with Gasteiger partial charge in [-0.25, -0.2) is 0 Å². The topological polar surface area (TPSA) is 60.4 Å². The molecule has 84 valence electrons. The van der Waals surface area contributed by atoms with Gasteiger partial charge in [0.15, 0.2) is 0 Å². The second-order valence-corrected chi connectivity index (χ2v) is 4.14. The summed E-state index contributed by atoms with van der Waals surface area (Å²) in [6.45, 7) is 0.154. The summed E-state index contributed by atoms with van der Waals surface area (Å²) in [6.07, 6.45) is -0.00511. The van der Waals surface area contributed by atoms with Crippen LogP contribution in [0.5, 0.6) is 0 Å². The summed E-state index contributed by atoms with van der Waals surface area (Å²) in [5, 5.41) is 11.2. The standard InChI is InChI=1S/C11H10ClNO3/c12-8-2-1-3-9(5-8)13-6-7(11(15)16)4-10(13)14/h1-3,5,7H,4,6H2,(H,15,16)/p-1/t7-/m1/s1. The van der Waals surface area contributed by atoms with E-state index in [0.29, 0.717) is 10.7 Å². The fourth-order valence-corrected chi connectivity index (χ4v) is 1.94. The van der Waals surface area contributed by atoms with E-state index in [1.807, 2.05) is 0 Å². The van der Waals surface area contributed by atoms with Gasteiger partial charge < -0.3 is 14.8 Å². The van der Waals surface area contributed by atoms with Crippen LogP contribution in [0.3, 0.4) is 0 Å². The summed E-state index contributed by atoms with van der Waals surface area (Å²) >= 11 is 5.80. The van der Waals surface area contributed by atoms with Crippen molar-refractivity contribution in [3.05, 3.63) is 29.3 Å². The number of benzene rings is 1. The third-order valence-corrected chi connectivity index (χ3v) is 2.81. The molecule has 0 unspecified atom stereocenters. The largest absolute Gasteiger partial charge is 0.550 e. The highest BCUT2D eigenvalue weighted by atomic mass is 35.5. The molecule has 0 N–H and O–H groups in total. The van der Waals surface area contributed by atoms with Crippen molar-refractivity contribution in [1.29, 1.82) is 0 Å². The highest BCUT2D eigenvalue weighted by molar-refractivity contribution is 6.30. The first kappa shape index (κ1) is 11.0. The Morgan fingerprint density at radius 1 is 1.50 bits per heavy atom. The fraction of sp³-hybridized carbons (Fsp3) is 0.273. The molecule has 0 bridgehead atoms. The predicted molar refractivity (Wildman–Crippen MR) is 56.9 cm³/mol. The number of carboxylic acid groups (broad SMARTS) is 1. The van der Waals surface area contributed by atoms with Gasteiger partial charge in [-0.05, 0) is 18.2 Å². The van der Waals surface area contributed by atoms with Crippen molar-refractivity contribution in [2.75, 3.05) is 11.4 Å². The van der Waals surface area contributed by atoms with Crippen molar-refractivity contribution in [3.8, 4) is 0 Å². The number of carbonyl (C=O) groups excluding carboxylic acids is 2. The lowest BCUT2D eigenvalue weighted by molar-refractivity contribution is -0.310. The summed E-state index contributed by atoms with van der Waals surface area (Å²) < 4.78 is 0. The zero-order valence-electron chi connectivity index (χ0n) is 8.35. The minimum atomic E-state index is -1.18. The molecule has 0 aromatic heterocycles. The fourth-order valence-electron chi connectivity index (χ4n) is 1.76. The summed E-state index contributed by atoms with van der Waals surface area (Å²) in [5.41, 5.74) is 0.626. The zero-order chi connectivity index (χ0) is 11.7. The SMILES string of the molecule is O=C([O-])[C@@H]1CC(=O)N(c2cccc(Cl)c2)C1. The van der Waals surface area contributed by atoms with Crippen LogP contribution in [-0.2, 0) is 9.59 Å². The first-order chi connectivity index (χ1) is 7.58. The van der Waals surface area contributed by atoms with Crippen molar-refractivity contribution >= 4 is 29.2 Å². The van der Waals surface area contributed by atoms with Crippen molar-refractivity contribution in [3.63, 3.8) is 0 Å². The molecule has 1 aliphatic heterocycles. The molecular formula is C11H9ClNO3-. The Labute approximate surface area is 97.4 Å². The normalized spacial score (nSPS) is 20.2. The van der Waals surface area contributed by atoms with Crippen molar-refractivity contribution in [2.24, 2.45) is 5.92 Å². The highest BCUT2D eigenvalue weighted by Crippen LogP contribution is 2.26. The molecule has 0 aliphatic carbocycles. The molecule has 1 aromatic carbocycles. The third kappa shape index (κ3) is 2.02. The predicted octanol–water partition coefficient (Wildman–Crippen LogP) is 0.443. The van der Waals surface area contributed by atoms with Gasteiger partial charge in [-0.1, -0.05) is 17.7 Å². The highest BCUT2D eigenvalue weighted by Gasteiger charge is 2.31. The average molecular weight is 239 g/mol. The van der Waals surface area contributed by atoms with Crippen LogP contribution in [0.2, 0.25) is 5.02 Å². The minimum absolute atomic E-state index is 0.00511. The summed E-state index contributed by atoms with van der Waals surface area (Å²) in [5.74, 6) is -2.12. The number of aliphatic carboxylic acids is 1. The van der Waals surface area contributed by atoms with Gasteiger partial charge in [0.25, 0.3) is 0 Å². The number of carbonyl (C=O) groups is 2. The number of rotatable bonds is 2. The van der Waals surface area contributed by atoms with Crippen LogP contribution < -0.4 is 10.0 Å². The lowest BCUT2D eigenvalue weighted by Crippen LogP contribution is -2.33. The molecule has 5 heteroatoms. The average Bonchev–Trinajstić information content (AvgIpc) is 2.60. The Kier molecular flexibility index (Phi) is 2.83. The molecule has 1 fully saturated rings. The van der Waals surface area contributed by atoms with Gasteiger partial charge in [-0.3, -0.25) is 4.79 Å². The van der Waals surface area contributed by atoms with E-state index in [1.54, 1.807) is 24.3 Å². The monoisotopic (exact) mass is 238 g/mol. The van der Waals surface area contributed by atoms with Crippen LogP contribution in [0, 0.1) is 5.92 Å². The van der Waals surface area contributed by atoms with E-state index in [2.05, 4.69) is 0 Å². The first-order valence-electron chi connectivity index (χ1n) is 4.84. The van der Waals surface area contributed by atoms with E-state index < -0.39 is 11.9 Å². The van der Waals surface area contributed by atoms with Crippen LogP contribution in [0.1, 0.15) is 6.42 Å². The van der Waals surface area contributed by atoms with Gasteiger partial charge in [0.05, 0.1) is 0 Å². The summed E-state index contributed by atoms with van der Waals surface area (Å²) in [4.78, 5) is 23.7. The second kappa shape index (κ2) is 4.14. The van der Waals surface area contributed by atoms with Crippen LogP contribution in [0.15, 0.2) is 24.3 Å². The van der Waals surface area contributed by atoms with Gasteiger partial charge in [-0.2, -0.15) is 0 Å². The molecule has 1 amide bonds. The number of hydrogen-bond acceptors (Lipinski definition) is 3. The van der Waals surface area contributed by atoms with E-state index in [0.717, 1.165) is 0 Å². The Hall–Kier alpha value is -1.55. The lowest BCUT2D eigenvalue weighted by Gasteiger charge is -2.17. The Bertz CT molecular complexity index is 447. The molecule has 1 heterocycles. The molecular weight excluding hydrogens is 230 g/mol. The molecule has 16 heavy (non-hydrogen) atoms. The first-order valence-corrected chi connectivity index (χ1v) is 5.22. The van der Waals surface area contributed by atoms with Crippen LogP contribution in [0.25, 0.3) is 0 Å². The van der Waals surface area contributed by atoms with E-state index in [-0.39, 0.29) is 18.9 Å². The summed E-state index contributed by atoms with van der Waals surface area (Å²) in [6, 6.07) is 6.78. The van der Waals surface area contributed by atoms with Gasteiger partial charge in [0.1, 0.15) is 0 Å². The number of carboxylic acids is 1. The van der Waals surface area contributed by atoms with Gasteiger partial charge in [0, 0.05) is 35.6 Å². The molecule has 4 nitrogen and oxygen atoms in total. The smallest absolute Gasteiger partial charge is 0.227 e. The van der Waals surface area contributed by atoms with E-state index >= 15 is 0 Å². The Balaban J connectivity index is 2.23. The number of anilines is 1. The molecule has 0 saturated carbocycles. The Morgan fingerprint density at radius 3 is 2.81 bits per heavy atom. The van der Waals surface area contributed by atoms with Crippen molar-refractivity contribution in [1.82, 2.24) is 0 Å². The van der Waals surface area contributed by atoms with Gasteiger partial charge >= 0.3 is 0 Å². The van der Waals surface area contributed by atoms with Gasteiger partial charge in [0.2, 0.25) is 5.91 Å². The maximum absolute atomic E-state index is 11.6.